The van der Waals surface area contributed by atoms with Crippen LogP contribution in [0.2, 0.25) is 0 Å². The van der Waals surface area contributed by atoms with Gasteiger partial charge in [0.1, 0.15) is 26.4 Å². The van der Waals surface area contributed by atoms with E-state index in [4.69, 9.17) is 0 Å². The van der Waals surface area contributed by atoms with Crippen LogP contribution in [0.15, 0.2) is 42.6 Å². The highest BCUT2D eigenvalue weighted by atomic mass is 127. The maximum atomic E-state index is 14.6. The molecule has 3 heterocycles. The van der Waals surface area contributed by atoms with Gasteiger partial charge in [-0.25, -0.2) is 18.4 Å². The molecule has 1 aromatic carbocycles. The lowest BCUT2D eigenvalue weighted by molar-refractivity contribution is -0.274. The topological polar surface area (TPSA) is 137 Å². The van der Waals surface area contributed by atoms with Crippen LogP contribution in [0.5, 0.6) is 5.75 Å². The van der Waals surface area contributed by atoms with Crippen LogP contribution in [-0.2, 0) is 30.7 Å². The summed E-state index contributed by atoms with van der Waals surface area (Å²) >= 11 is 3.03. The second-order valence-corrected chi connectivity index (χ2v) is 10.8. The van der Waals surface area contributed by atoms with Crippen LogP contribution < -0.4 is 15.4 Å². The van der Waals surface area contributed by atoms with Crippen LogP contribution >= 0.6 is 33.9 Å². The fraction of sp³-hybridized carbons (Fsp3) is 0.292. The quantitative estimate of drug-likeness (QED) is 0.126. The summed E-state index contributed by atoms with van der Waals surface area (Å²) in [6.07, 6.45) is -5.38. The van der Waals surface area contributed by atoms with E-state index in [1.54, 1.807) is 6.07 Å². The second kappa shape index (κ2) is 13.9. The number of benzene rings is 1. The van der Waals surface area contributed by atoms with Gasteiger partial charge in [-0.1, -0.05) is 22.6 Å². The zero-order valence-electron chi connectivity index (χ0n) is 21.2. The first kappa shape index (κ1) is 31.1. The molecule has 11 nitrogen and oxygen atoms in total. The molecule has 4 rings (SSSR count). The average Bonchev–Trinajstić information content (AvgIpc) is 3.57. The van der Waals surface area contributed by atoms with Crippen molar-refractivity contribution in [2.45, 2.75) is 44.9 Å². The van der Waals surface area contributed by atoms with Gasteiger partial charge in [-0.3, -0.25) is 9.59 Å². The number of alkyl halides is 4. The van der Waals surface area contributed by atoms with Crippen molar-refractivity contribution in [3.8, 4) is 5.75 Å². The first-order chi connectivity index (χ1) is 19.9. The van der Waals surface area contributed by atoms with Crippen LogP contribution in [0.1, 0.15) is 33.2 Å². The van der Waals surface area contributed by atoms with Crippen LogP contribution in [0, 0.1) is 9.52 Å². The number of nitrogens with zero attached hydrogens (tertiary/aromatic N) is 6. The van der Waals surface area contributed by atoms with Crippen molar-refractivity contribution in [3.05, 3.63) is 74.1 Å². The summed E-state index contributed by atoms with van der Waals surface area (Å²) in [6.45, 7) is 0.0311. The summed E-state index contributed by atoms with van der Waals surface area (Å²) in [6, 6.07) is 7.75. The molecule has 0 bridgehead atoms. The second-order valence-electron chi connectivity index (χ2n) is 8.62. The van der Waals surface area contributed by atoms with E-state index >= 15 is 0 Å². The Morgan fingerprint density at radius 3 is 2.71 bits per heavy atom. The molecule has 0 radical (unpaired) electrons. The number of carbonyl (C=O) groups is 2. The summed E-state index contributed by atoms with van der Waals surface area (Å²) in [4.78, 5) is 28.9. The van der Waals surface area contributed by atoms with Gasteiger partial charge in [-0.15, -0.1) is 28.5 Å². The van der Waals surface area contributed by atoms with Gasteiger partial charge in [0.05, 0.1) is 31.4 Å². The smallest absolute Gasteiger partial charge is 0.406 e. The molecule has 0 aliphatic carbocycles. The zero-order chi connectivity index (χ0) is 30.3. The van der Waals surface area contributed by atoms with Crippen LogP contribution in [0.3, 0.4) is 0 Å². The molecule has 2 amide bonds. The van der Waals surface area contributed by atoms with Crippen molar-refractivity contribution >= 4 is 50.9 Å². The molecule has 4 aromatic rings. The number of aryl methyl sites for hydroxylation is 1. The minimum atomic E-state index is -4.96. The number of amides is 2. The van der Waals surface area contributed by atoms with Crippen LogP contribution in [-0.4, -0.2) is 54.5 Å². The third-order valence-electron chi connectivity index (χ3n) is 5.35. The Bertz CT molecular complexity index is 1550. The van der Waals surface area contributed by atoms with Crippen molar-refractivity contribution in [2.24, 2.45) is 0 Å². The molecule has 0 fully saturated rings. The Kier molecular flexibility index (Phi) is 10.3. The minimum Gasteiger partial charge on any atom is -0.406 e. The van der Waals surface area contributed by atoms with Gasteiger partial charge in [0, 0.05) is 12.0 Å². The fourth-order valence-corrected chi connectivity index (χ4v) is 4.79. The summed E-state index contributed by atoms with van der Waals surface area (Å²) < 4.78 is 71.5. The SMILES string of the molecule is O=C(Cc1cc(OC(F)(F)F)ccc1F)Nc1nnc(CCC(F)Cn2cc(C(=O)NCc3cccc(I)n3)nn2)s1. The lowest BCUT2D eigenvalue weighted by atomic mass is 10.1. The predicted molar refractivity (Wildman–Crippen MR) is 147 cm³/mol. The molecule has 0 aliphatic heterocycles. The molecule has 1 unspecified atom stereocenters. The van der Waals surface area contributed by atoms with Crippen LogP contribution in [0.25, 0.3) is 0 Å². The van der Waals surface area contributed by atoms with Crippen LogP contribution in [0.4, 0.5) is 27.1 Å². The Morgan fingerprint density at radius 2 is 1.95 bits per heavy atom. The predicted octanol–water partition coefficient (Wildman–Crippen LogP) is 4.25. The summed E-state index contributed by atoms with van der Waals surface area (Å²) in [5, 5.41) is 20.8. The third kappa shape index (κ3) is 9.64. The highest BCUT2D eigenvalue weighted by Crippen LogP contribution is 2.25. The molecule has 3 aromatic heterocycles. The van der Waals surface area contributed by atoms with E-state index in [9.17, 15) is 31.5 Å². The van der Waals surface area contributed by atoms with E-state index in [0.29, 0.717) is 10.7 Å². The molecule has 0 aliphatic rings. The molecule has 42 heavy (non-hydrogen) atoms. The first-order valence-electron chi connectivity index (χ1n) is 12.0. The molecule has 18 heteroatoms. The zero-order valence-corrected chi connectivity index (χ0v) is 24.2. The van der Waals surface area contributed by atoms with Gasteiger partial charge in [-0.05, 0) is 59.3 Å². The van der Waals surface area contributed by atoms with E-state index in [-0.39, 0.29) is 42.3 Å². The number of ether oxygens (including phenoxy) is 1. The van der Waals surface area contributed by atoms with E-state index in [1.807, 2.05) is 12.1 Å². The van der Waals surface area contributed by atoms with Gasteiger partial charge in [0.15, 0.2) is 5.69 Å². The van der Waals surface area contributed by atoms with Crippen molar-refractivity contribution < 1.29 is 36.3 Å². The number of anilines is 1. The molecular weight excluding hydrogens is 702 g/mol. The number of rotatable bonds is 12. The first-order valence-corrected chi connectivity index (χ1v) is 13.9. The van der Waals surface area contributed by atoms with E-state index < -0.39 is 42.3 Å². The number of pyridine rings is 1. The summed E-state index contributed by atoms with van der Waals surface area (Å²) in [5.74, 6) is -2.77. The van der Waals surface area contributed by atoms with Crippen molar-refractivity contribution in [3.63, 3.8) is 0 Å². The highest BCUT2D eigenvalue weighted by Gasteiger charge is 2.31. The molecule has 0 saturated heterocycles. The lowest BCUT2D eigenvalue weighted by Gasteiger charge is -2.10. The van der Waals surface area contributed by atoms with Crippen molar-refractivity contribution in [2.75, 3.05) is 5.32 Å². The number of nitrogens with one attached hydrogen (secondary N) is 2. The van der Waals surface area contributed by atoms with Crippen molar-refractivity contribution in [1.29, 1.82) is 0 Å². The number of hydrogen-bond donors (Lipinski definition) is 2. The fourth-order valence-electron chi connectivity index (χ4n) is 3.50. The largest absolute Gasteiger partial charge is 0.573 e. The Labute approximate surface area is 252 Å². The van der Waals surface area contributed by atoms with Gasteiger partial charge in [0.2, 0.25) is 11.0 Å². The van der Waals surface area contributed by atoms with Gasteiger partial charge < -0.3 is 15.4 Å². The molecule has 0 spiro atoms. The van der Waals surface area contributed by atoms with E-state index in [2.05, 4.69) is 63.5 Å². The molecule has 2 N–H and O–H groups in total. The summed E-state index contributed by atoms with van der Waals surface area (Å²) in [5.41, 5.74) is 0.386. The summed E-state index contributed by atoms with van der Waals surface area (Å²) in [7, 11) is 0. The molecular formula is C24H20F5IN8O3S. The van der Waals surface area contributed by atoms with Gasteiger partial charge in [-0.2, -0.15) is 0 Å². The van der Waals surface area contributed by atoms with Gasteiger partial charge in [0.25, 0.3) is 5.91 Å². The monoisotopic (exact) mass is 722 g/mol. The highest BCUT2D eigenvalue weighted by molar-refractivity contribution is 14.1. The Balaban J connectivity index is 1.21. The number of halogens is 6. The maximum Gasteiger partial charge on any atom is 0.573 e. The maximum absolute atomic E-state index is 14.6. The number of hydrogen-bond acceptors (Lipinski definition) is 9. The lowest BCUT2D eigenvalue weighted by Crippen LogP contribution is -2.23. The average molecular weight is 722 g/mol. The molecule has 1 atom stereocenters. The molecule has 222 valence electrons. The molecule has 0 saturated carbocycles. The normalized spacial score (nSPS) is 12.1. The third-order valence-corrected chi connectivity index (χ3v) is 6.84. The number of carbonyl (C=O) groups excluding carboxylic acids is 2. The standard InChI is InChI=1S/C24H20F5IN8O3S/c25-14(11-38-12-18(34-37-38)22(40)31-10-15-2-1-3-19(30)32-15)4-7-21-35-36-23(42-21)33-20(39)9-13-8-16(5-6-17(13)26)41-24(27,28)29/h1-3,5-6,8,12,14H,4,7,9-11H2,(H,31,40)(H,33,36,39). The Morgan fingerprint density at radius 1 is 1.14 bits per heavy atom. The van der Waals surface area contributed by atoms with E-state index in [1.165, 1.54) is 10.9 Å². The van der Waals surface area contributed by atoms with Gasteiger partial charge >= 0.3 is 6.36 Å². The van der Waals surface area contributed by atoms with E-state index in [0.717, 1.165) is 33.2 Å². The van der Waals surface area contributed by atoms with Crippen molar-refractivity contribution in [1.82, 2.24) is 35.5 Å². The minimum absolute atomic E-state index is 0.0248. The Hall–Kier alpha value is -3.81. The number of aromatic nitrogens is 6.